The van der Waals surface area contributed by atoms with Crippen LogP contribution in [0.3, 0.4) is 0 Å². The zero-order chi connectivity index (χ0) is 18.1. The smallest absolute Gasteiger partial charge is 0.279 e. The van der Waals surface area contributed by atoms with Crippen molar-refractivity contribution in [3.63, 3.8) is 0 Å². The van der Waals surface area contributed by atoms with E-state index in [1.54, 1.807) is 12.1 Å². The average Bonchev–Trinajstić information content (AvgIpc) is 2.88. The SMILES string of the molecule is Cl.N[C@@H]1CCCCN(c2nn(-c3ccc(Cl)cc3)c(=O)c3ccccc23)C1. The zero-order valence-electron chi connectivity index (χ0n) is 14.8. The molecule has 0 bridgehead atoms. The number of halogens is 2. The molecule has 0 spiro atoms. The summed E-state index contributed by atoms with van der Waals surface area (Å²) in [5, 5.41) is 6.89. The van der Waals surface area contributed by atoms with Crippen molar-refractivity contribution < 1.29 is 0 Å². The van der Waals surface area contributed by atoms with Gasteiger partial charge in [0, 0.05) is 29.5 Å². The van der Waals surface area contributed by atoms with Crippen molar-refractivity contribution in [3.8, 4) is 5.69 Å². The minimum Gasteiger partial charge on any atom is -0.353 e. The molecule has 2 aromatic carbocycles. The van der Waals surface area contributed by atoms with Crippen molar-refractivity contribution in [2.45, 2.75) is 25.3 Å². The Hall–Kier alpha value is -2.08. The molecular formula is C20H22Cl2N4O. The maximum absolute atomic E-state index is 13.0. The van der Waals surface area contributed by atoms with Crippen molar-refractivity contribution in [2.24, 2.45) is 5.73 Å². The van der Waals surface area contributed by atoms with E-state index in [1.807, 2.05) is 36.4 Å². The molecule has 27 heavy (non-hydrogen) atoms. The molecule has 5 nitrogen and oxygen atoms in total. The summed E-state index contributed by atoms with van der Waals surface area (Å²) >= 11 is 5.99. The topological polar surface area (TPSA) is 64.2 Å². The van der Waals surface area contributed by atoms with Crippen molar-refractivity contribution >= 4 is 40.6 Å². The highest BCUT2D eigenvalue weighted by atomic mass is 35.5. The summed E-state index contributed by atoms with van der Waals surface area (Å²) in [5.41, 5.74) is 6.82. The highest BCUT2D eigenvalue weighted by molar-refractivity contribution is 6.30. The molecule has 1 aliphatic heterocycles. The van der Waals surface area contributed by atoms with Crippen LogP contribution >= 0.6 is 24.0 Å². The van der Waals surface area contributed by atoms with Gasteiger partial charge in [0.25, 0.3) is 5.56 Å². The van der Waals surface area contributed by atoms with Crippen LogP contribution in [-0.2, 0) is 0 Å². The molecule has 1 aliphatic rings. The van der Waals surface area contributed by atoms with E-state index in [9.17, 15) is 4.79 Å². The molecule has 1 fully saturated rings. The van der Waals surface area contributed by atoms with Gasteiger partial charge in [-0.05, 0) is 43.2 Å². The molecule has 1 atom stereocenters. The van der Waals surface area contributed by atoms with Gasteiger partial charge in [0.2, 0.25) is 0 Å². The first-order valence-electron chi connectivity index (χ1n) is 8.92. The largest absolute Gasteiger partial charge is 0.353 e. The number of nitrogens with zero attached hydrogens (tertiary/aromatic N) is 3. The summed E-state index contributed by atoms with van der Waals surface area (Å²) in [6, 6.07) is 14.9. The van der Waals surface area contributed by atoms with Gasteiger partial charge in [-0.25, -0.2) is 0 Å². The second kappa shape index (κ2) is 8.30. The van der Waals surface area contributed by atoms with E-state index in [2.05, 4.69) is 4.90 Å². The van der Waals surface area contributed by atoms with Gasteiger partial charge in [-0.15, -0.1) is 17.5 Å². The fraction of sp³-hybridized carbons (Fsp3) is 0.300. The van der Waals surface area contributed by atoms with Gasteiger partial charge in [-0.1, -0.05) is 36.2 Å². The number of fused-ring (bicyclic) bond motifs is 1. The molecule has 0 saturated carbocycles. The summed E-state index contributed by atoms with van der Waals surface area (Å²) in [7, 11) is 0. The third-order valence-corrected chi connectivity index (χ3v) is 5.12. The molecule has 2 heterocycles. The Balaban J connectivity index is 0.00000210. The van der Waals surface area contributed by atoms with E-state index in [4.69, 9.17) is 22.4 Å². The first kappa shape index (κ1) is 19.7. The Bertz CT molecular complexity index is 987. The predicted molar refractivity (Wildman–Crippen MR) is 114 cm³/mol. The second-order valence-electron chi connectivity index (χ2n) is 6.76. The Morgan fingerprint density at radius 1 is 1.04 bits per heavy atom. The lowest BCUT2D eigenvalue weighted by Crippen LogP contribution is -2.37. The number of hydrogen-bond acceptors (Lipinski definition) is 4. The van der Waals surface area contributed by atoms with Crippen LogP contribution in [0.4, 0.5) is 5.82 Å². The lowest BCUT2D eigenvalue weighted by atomic mass is 10.1. The Morgan fingerprint density at radius 3 is 2.48 bits per heavy atom. The van der Waals surface area contributed by atoms with E-state index in [-0.39, 0.29) is 24.0 Å². The van der Waals surface area contributed by atoms with Crippen LogP contribution in [0.2, 0.25) is 5.02 Å². The Labute approximate surface area is 169 Å². The van der Waals surface area contributed by atoms with Gasteiger partial charge in [-0.2, -0.15) is 4.68 Å². The second-order valence-corrected chi connectivity index (χ2v) is 7.20. The molecule has 0 unspecified atom stereocenters. The summed E-state index contributed by atoms with van der Waals surface area (Å²) in [6.45, 7) is 1.64. The lowest BCUT2D eigenvalue weighted by molar-refractivity contribution is 0.618. The summed E-state index contributed by atoms with van der Waals surface area (Å²) in [5.74, 6) is 0.813. The van der Waals surface area contributed by atoms with Crippen LogP contribution in [0.5, 0.6) is 0 Å². The number of rotatable bonds is 2. The van der Waals surface area contributed by atoms with Crippen molar-refractivity contribution in [2.75, 3.05) is 18.0 Å². The highest BCUT2D eigenvalue weighted by Crippen LogP contribution is 2.25. The maximum Gasteiger partial charge on any atom is 0.279 e. The van der Waals surface area contributed by atoms with Gasteiger partial charge < -0.3 is 10.6 Å². The van der Waals surface area contributed by atoms with Crippen LogP contribution in [0.1, 0.15) is 19.3 Å². The van der Waals surface area contributed by atoms with Crippen LogP contribution in [-0.4, -0.2) is 28.9 Å². The zero-order valence-corrected chi connectivity index (χ0v) is 16.4. The van der Waals surface area contributed by atoms with E-state index < -0.39 is 0 Å². The first-order chi connectivity index (χ1) is 12.6. The molecule has 1 aromatic heterocycles. The number of aromatic nitrogens is 2. The number of nitrogens with two attached hydrogens (primary N) is 1. The standard InChI is InChI=1S/C20H21ClN4O.ClH/c21-14-8-10-16(11-9-14)25-20(26)18-7-2-1-6-17(18)19(23-25)24-12-4-3-5-15(22)13-24;/h1-2,6-11,15H,3-5,12-13,22H2;1H/t15-;/m1./s1. The Morgan fingerprint density at radius 2 is 1.74 bits per heavy atom. The van der Waals surface area contributed by atoms with E-state index >= 15 is 0 Å². The van der Waals surface area contributed by atoms with E-state index in [0.29, 0.717) is 16.1 Å². The quantitative estimate of drug-likeness (QED) is 0.705. The minimum atomic E-state index is -0.134. The van der Waals surface area contributed by atoms with Gasteiger partial charge in [0.1, 0.15) is 0 Å². The summed E-state index contributed by atoms with van der Waals surface area (Å²) < 4.78 is 1.46. The van der Waals surface area contributed by atoms with E-state index in [0.717, 1.165) is 43.6 Å². The van der Waals surface area contributed by atoms with Gasteiger partial charge in [-0.3, -0.25) is 4.79 Å². The molecule has 7 heteroatoms. The lowest BCUT2D eigenvalue weighted by Gasteiger charge is -2.25. The van der Waals surface area contributed by atoms with Crippen LogP contribution in [0.25, 0.3) is 16.5 Å². The predicted octanol–water partition coefficient (Wildman–Crippen LogP) is 3.78. The summed E-state index contributed by atoms with van der Waals surface area (Å²) in [4.78, 5) is 15.2. The molecule has 142 valence electrons. The number of benzene rings is 2. The highest BCUT2D eigenvalue weighted by Gasteiger charge is 2.21. The monoisotopic (exact) mass is 404 g/mol. The van der Waals surface area contributed by atoms with Gasteiger partial charge >= 0.3 is 0 Å². The van der Waals surface area contributed by atoms with Crippen molar-refractivity contribution in [3.05, 3.63) is 63.9 Å². The van der Waals surface area contributed by atoms with Gasteiger partial charge in [0.15, 0.2) is 5.82 Å². The fourth-order valence-electron chi connectivity index (χ4n) is 3.53. The van der Waals surface area contributed by atoms with Gasteiger partial charge in [0.05, 0.1) is 11.1 Å². The molecule has 0 radical (unpaired) electrons. The van der Waals surface area contributed by atoms with Crippen LogP contribution in [0.15, 0.2) is 53.3 Å². The number of anilines is 1. The van der Waals surface area contributed by atoms with Crippen molar-refractivity contribution in [1.82, 2.24) is 9.78 Å². The molecule has 4 rings (SSSR count). The maximum atomic E-state index is 13.0. The molecule has 3 aromatic rings. The molecule has 0 aliphatic carbocycles. The molecule has 0 amide bonds. The Kier molecular flexibility index (Phi) is 6.05. The fourth-order valence-corrected chi connectivity index (χ4v) is 3.66. The van der Waals surface area contributed by atoms with E-state index in [1.165, 1.54) is 4.68 Å². The van der Waals surface area contributed by atoms with Crippen LogP contribution < -0.4 is 16.2 Å². The number of hydrogen-bond donors (Lipinski definition) is 1. The molecule has 2 N–H and O–H groups in total. The third-order valence-electron chi connectivity index (χ3n) is 4.86. The normalized spacial score (nSPS) is 17.4. The molecular weight excluding hydrogens is 383 g/mol. The van der Waals surface area contributed by atoms with Crippen molar-refractivity contribution in [1.29, 1.82) is 0 Å². The third kappa shape index (κ3) is 3.95. The van der Waals surface area contributed by atoms with Crippen LogP contribution in [0, 0.1) is 0 Å². The minimum absolute atomic E-state index is 0. The average molecular weight is 405 g/mol. The first-order valence-corrected chi connectivity index (χ1v) is 9.30. The summed E-state index contributed by atoms with van der Waals surface area (Å²) in [6.07, 6.45) is 3.21. The molecule has 1 saturated heterocycles.